The monoisotopic (exact) mass is 1170 g/mol. The molecule has 1 aliphatic rings. The first-order chi connectivity index (χ1) is 34.5. The molecule has 1 unspecified atom stereocenters. The molecule has 0 spiro atoms. The number of halogens is 21. The van der Waals surface area contributed by atoms with Crippen molar-refractivity contribution in [3.05, 3.63) is 141 Å². The molecule has 7 nitrogen and oxygen atoms in total. The molecule has 7 rings (SSSR count). The minimum Gasteiger partial charge on any atom is -0.449 e. The minimum atomic E-state index is -5.84. The Morgan fingerprint density at radius 2 is 0.610 bits per heavy atom. The summed E-state index contributed by atoms with van der Waals surface area (Å²) in [6, 6.07) is 5.21. The second kappa shape index (κ2) is 18.5. The SMILES string of the molecule is Cc1cn(P(Oc2cc(C(C)(C)C)cc3c2Oc2c(OP(n4cc(C(F)(F)F)c(C(F)(F)F)c4)n4cc(C(F)(F)F)c(C(F)(F)F)c4)cc(C(C)(C)C)cc2C3(C)C)n2cc(C(F)(F)F)c(C(F)(F)F)c2)cc1C(F)(F)F. The van der Waals surface area contributed by atoms with Gasteiger partial charge >= 0.3 is 60.1 Å². The van der Waals surface area contributed by atoms with Crippen LogP contribution in [-0.2, 0) is 59.5 Å². The zero-order chi connectivity index (χ0) is 58.3. The predicted octanol–water partition coefficient (Wildman–Crippen LogP) is 18.8. The van der Waals surface area contributed by atoms with Crippen molar-refractivity contribution in [2.45, 2.75) is 122 Å². The van der Waals surface area contributed by atoms with Crippen LogP contribution in [0.25, 0.3) is 0 Å². The number of aryl methyl sites for hydroxylation is 1. The Bertz CT molecular complexity index is 3050. The highest BCUT2D eigenvalue weighted by molar-refractivity contribution is 7.50. The van der Waals surface area contributed by atoms with E-state index < -0.39 is 144 Å². The van der Waals surface area contributed by atoms with Crippen molar-refractivity contribution < 1.29 is 106 Å². The number of alkyl halides is 21. The first kappa shape index (κ1) is 59.0. The van der Waals surface area contributed by atoms with Gasteiger partial charge in [-0.05, 0) is 46.6 Å². The predicted molar refractivity (Wildman–Crippen MR) is 237 cm³/mol. The average Bonchev–Trinajstić information content (AvgIpc) is 4.05. The van der Waals surface area contributed by atoms with Gasteiger partial charge in [0.2, 0.25) is 0 Å². The lowest BCUT2D eigenvalue weighted by Gasteiger charge is -2.39. The van der Waals surface area contributed by atoms with E-state index in [0.29, 0.717) is 10.5 Å². The van der Waals surface area contributed by atoms with Crippen molar-refractivity contribution in [2.75, 3.05) is 0 Å². The Hall–Kier alpha value is -5.65. The van der Waals surface area contributed by atoms with Crippen LogP contribution in [-0.4, -0.2) is 17.4 Å². The van der Waals surface area contributed by atoms with E-state index in [1.807, 2.05) is 0 Å². The van der Waals surface area contributed by atoms with Crippen molar-refractivity contribution >= 4 is 16.9 Å². The normalized spacial score (nSPS) is 15.4. The second-order valence-electron chi connectivity index (χ2n) is 20.2. The van der Waals surface area contributed by atoms with Gasteiger partial charge < -0.3 is 13.8 Å². The third-order valence-corrected chi connectivity index (χ3v) is 15.4. The lowest BCUT2D eigenvalue weighted by atomic mass is 9.72. The average molecular weight is 1170 g/mol. The molecule has 0 fully saturated rings. The largest absolute Gasteiger partial charge is 0.449 e. The summed E-state index contributed by atoms with van der Waals surface area (Å²) in [5.74, 6) is -2.52. The first-order valence-electron chi connectivity index (χ1n) is 21.9. The fourth-order valence-electron chi connectivity index (χ4n) is 8.10. The van der Waals surface area contributed by atoms with Crippen LogP contribution in [0.1, 0.15) is 122 Å². The topological polar surface area (TPSA) is 47.4 Å². The highest BCUT2D eigenvalue weighted by Crippen LogP contribution is 2.61. The Morgan fingerprint density at radius 3 is 0.831 bits per heavy atom. The van der Waals surface area contributed by atoms with Crippen molar-refractivity contribution in [3.63, 3.8) is 0 Å². The van der Waals surface area contributed by atoms with E-state index in [2.05, 4.69) is 0 Å². The van der Waals surface area contributed by atoms with Gasteiger partial charge in [-0.3, -0.25) is 17.4 Å². The van der Waals surface area contributed by atoms with Crippen LogP contribution in [0, 0.1) is 6.92 Å². The smallest absolute Gasteiger partial charge is 0.418 e. The summed E-state index contributed by atoms with van der Waals surface area (Å²) in [5, 5.41) is 0. The molecule has 0 radical (unpaired) electrons. The minimum absolute atomic E-state index is 0.00600. The van der Waals surface area contributed by atoms with Gasteiger partial charge in [0.15, 0.2) is 23.0 Å². The number of nitrogens with zero attached hydrogens (tertiary/aromatic N) is 4. The summed E-state index contributed by atoms with van der Waals surface area (Å²) >= 11 is 0. The molecule has 422 valence electrons. The molecule has 30 heteroatoms. The summed E-state index contributed by atoms with van der Waals surface area (Å²) in [7, 11) is -7.27. The van der Waals surface area contributed by atoms with E-state index >= 15 is 0 Å². The molecule has 4 aromatic heterocycles. The van der Waals surface area contributed by atoms with Crippen molar-refractivity contribution in [1.29, 1.82) is 0 Å². The number of ether oxygens (including phenoxy) is 1. The molecule has 1 aliphatic heterocycles. The van der Waals surface area contributed by atoms with E-state index in [1.54, 1.807) is 41.5 Å². The molecule has 0 bridgehead atoms. The standard InChI is InChI=1S/C47H39F21N4O3P2/c1-22-14-69(15-27(22)41(48,49)50)76(70-16-28(42(51,52)53)29(17-70)43(54,55)56)74-34-12-23(38(2,3)4)10-25-36(34)73-37-26(40(25,8)9)11-24(39(5,6)7)13-35(37)75-77(71-18-30(44(57,58)59)31(19-71)45(60,61)62)72-20-32(46(63,64)65)33(21-72)47(66,67)68/h10-21H,1-9H3. The van der Waals surface area contributed by atoms with Crippen LogP contribution in [0.3, 0.4) is 0 Å². The molecule has 0 saturated carbocycles. The van der Waals surface area contributed by atoms with Gasteiger partial charge in [0, 0.05) is 66.1 Å². The van der Waals surface area contributed by atoms with Crippen molar-refractivity contribution in [3.8, 4) is 23.0 Å². The van der Waals surface area contributed by atoms with E-state index in [9.17, 15) is 92.2 Å². The van der Waals surface area contributed by atoms with Gasteiger partial charge in [-0.15, -0.1) is 0 Å². The molecule has 77 heavy (non-hydrogen) atoms. The molecule has 5 heterocycles. The molecule has 0 amide bonds. The van der Waals surface area contributed by atoms with Crippen LogP contribution < -0.4 is 13.8 Å². The molecule has 0 N–H and O–H groups in total. The van der Waals surface area contributed by atoms with Crippen molar-refractivity contribution in [1.82, 2.24) is 17.4 Å². The zero-order valence-corrected chi connectivity index (χ0v) is 42.6. The molecule has 6 aromatic rings. The van der Waals surface area contributed by atoms with Crippen LogP contribution >= 0.6 is 16.9 Å². The quantitative estimate of drug-likeness (QED) is 0.113. The van der Waals surface area contributed by atoms with Gasteiger partial charge in [0.25, 0.3) is 0 Å². The van der Waals surface area contributed by atoms with Crippen LogP contribution in [0.2, 0.25) is 0 Å². The zero-order valence-electron chi connectivity index (χ0n) is 40.8. The Morgan fingerprint density at radius 1 is 0.377 bits per heavy atom. The number of benzene rings is 2. The number of hydrogen-bond acceptors (Lipinski definition) is 3. The lowest BCUT2D eigenvalue weighted by molar-refractivity contribution is -0.161. The van der Waals surface area contributed by atoms with Gasteiger partial charge in [0.1, 0.15) is 0 Å². The Labute approximate surface area is 425 Å². The Balaban J connectivity index is 1.54. The molecule has 1 atom stereocenters. The van der Waals surface area contributed by atoms with Gasteiger partial charge in [0.05, 0.1) is 38.9 Å². The second-order valence-corrected chi connectivity index (χ2v) is 23.5. The fourth-order valence-corrected chi connectivity index (χ4v) is 11.4. The molecule has 2 aromatic carbocycles. The van der Waals surface area contributed by atoms with Crippen molar-refractivity contribution in [2.24, 2.45) is 0 Å². The van der Waals surface area contributed by atoms with E-state index in [0.717, 1.165) is 19.2 Å². The van der Waals surface area contributed by atoms with Crippen LogP contribution in [0.15, 0.2) is 73.8 Å². The van der Waals surface area contributed by atoms with E-state index in [-0.39, 0.29) is 72.4 Å². The number of fused-ring (bicyclic) bond motifs is 2. The number of rotatable bonds is 8. The summed E-state index contributed by atoms with van der Waals surface area (Å²) in [6.07, 6.45) is -40.0. The molecular weight excluding hydrogens is 1130 g/mol. The summed E-state index contributed by atoms with van der Waals surface area (Å²) < 4.78 is 320. The first-order valence-corrected chi connectivity index (χ1v) is 24.2. The molecule has 0 aliphatic carbocycles. The van der Waals surface area contributed by atoms with Gasteiger partial charge in [-0.25, -0.2) is 0 Å². The van der Waals surface area contributed by atoms with Gasteiger partial charge in [-0.2, -0.15) is 92.2 Å². The third kappa shape index (κ3) is 11.6. The highest BCUT2D eigenvalue weighted by Gasteiger charge is 2.50. The fraction of sp³-hybridized carbons (Fsp3) is 0.404. The Kier molecular flexibility index (Phi) is 14.2. The summed E-state index contributed by atoms with van der Waals surface area (Å²) in [6.45, 7) is 13.6. The maximum atomic E-state index is 14.3. The summed E-state index contributed by atoms with van der Waals surface area (Å²) in [4.78, 5) is 0. The number of aromatic nitrogens is 4. The molecular formula is C47H39F21N4O3P2. The van der Waals surface area contributed by atoms with E-state index in [1.165, 1.54) is 32.0 Å². The third-order valence-electron chi connectivity index (χ3n) is 12.1. The van der Waals surface area contributed by atoms with E-state index in [4.69, 9.17) is 13.8 Å². The van der Waals surface area contributed by atoms with Gasteiger partial charge in [-0.1, -0.05) is 67.5 Å². The van der Waals surface area contributed by atoms with Crippen LogP contribution in [0.5, 0.6) is 23.0 Å². The lowest BCUT2D eigenvalue weighted by Crippen LogP contribution is -2.27. The molecule has 0 saturated heterocycles. The summed E-state index contributed by atoms with van der Waals surface area (Å²) in [5.41, 5.74) is -19.2. The maximum absolute atomic E-state index is 14.3. The maximum Gasteiger partial charge on any atom is 0.418 e. The number of hydrogen-bond donors (Lipinski definition) is 0. The highest BCUT2D eigenvalue weighted by atomic mass is 31.2. The van der Waals surface area contributed by atoms with Crippen LogP contribution in [0.4, 0.5) is 92.2 Å².